The fourth-order valence-electron chi connectivity index (χ4n) is 1.71. The summed E-state index contributed by atoms with van der Waals surface area (Å²) in [6, 6.07) is 13.3. The zero-order chi connectivity index (χ0) is 13.0. The summed E-state index contributed by atoms with van der Waals surface area (Å²) >= 11 is 5.82. The molecule has 18 heavy (non-hydrogen) atoms. The van der Waals surface area contributed by atoms with Crippen molar-refractivity contribution in [2.45, 2.75) is 20.1 Å². The number of rotatable bonds is 4. The molecule has 0 aromatic heterocycles. The summed E-state index contributed by atoms with van der Waals surface area (Å²) in [5.74, 6) is 0.720. The number of ether oxygens (including phenoxy) is 1. The smallest absolute Gasteiger partial charge is 0.125 e. The van der Waals surface area contributed by atoms with Crippen LogP contribution in [0.25, 0.3) is 0 Å². The molecular formula is C15H15ClO2. The van der Waals surface area contributed by atoms with E-state index in [9.17, 15) is 5.11 Å². The van der Waals surface area contributed by atoms with Gasteiger partial charge in [0.05, 0.1) is 6.61 Å². The predicted octanol–water partition coefficient (Wildman–Crippen LogP) is 3.72. The zero-order valence-corrected chi connectivity index (χ0v) is 10.9. The van der Waals surface area contributed by atoms with Crippen molar-refractivity contribution in [3.05, 3.63) is 64.2 Å². The van der Waals surface area contributed by atoms with Crippen LogP contribution in [0.1, 0.15) is 16.7 Å². The maximum Gasteiger partial charge on any atom is 0.125 e. The molecule has 1 N–H and O–H groups in total. The highest BCUT2D eigenvalue weighted by Crippen LogP contribution is 2.21. The third-order valence-corrected chi connectivity index (χ3v) is 2.95. The van der Waals surface area contributed by atoms with Crippen LogP contribution in [0, 0.1) is 6.92 Å². The minimum absolute atomic E-state index is 0.0162. The molecule has 0 atom stereocenters. The topological polar surface area (TPSA) is 29.5 Å². The van der Waals surface area contributed by atoms with Gasteiger partial charge < -0.3 is 9.84 Å². The number of aryl methyl sites for hydroxylation is 1. The Morgan fingerprint density at radius 3 is 2.50 bits per heavy atom. The Labute approximate surface area is 112 Å². The molecule has 2 nitrogen and oxygen atoms in total. The summed E-state index contributed by atoms with van der Waals surface area (Å²) in [6.07, 6.45) is 0. The molecular weight excluding hydrogens is 248 g/mol. The number of aliphatic hydroxyl groups is 1. The van der Waals surface area contributed by atoms with Gasteiger partial charge in [0.1, 0.15) is 12.4 Å². The van der Waals surface area contributed by atoms with Gasteiger partial charge in [-0.15, -0.1) is 0 Å². The molecule has 0 aliphatic rings. The van der Waals surface area contributed by atoms with Crippen LogP contribution in [-0.4, -0.2) is 5.11 Å². The fraction of sp³-hybridized carbons (Fsp3) is 0.200. The Balaban J connectivity index is 2.08. The highest BCUT2D eigenvalue weighted by molar-refractivity contribution is 6.30. The number of hydrogen-bond donors (Lipinski definition) is 1. The lowest BCUT2D eigenvalue weighted by molar-refractivity contribution is 0.259. The Bertz CT molecular complexity index is 521. The van der Waals surface area contributed by atoms with Gasteiger partial charge in [-0.25, -0.2) is 0 Å². The molecule has 2 aromatic rings. The van der Waals surface area contributed by atoms with Crippen molar-refractivity contribution in [1.29, 1.82) is 0 Å². The van der Waals surface area contributed by atoms with Gasteiger partial charge in [-0.3, -0.25) is 0 Å². The average Bonchev–Trinajstić information content (AvgIpc) is 2.39. The molecule has 0 fully saturated rings. The maximum atomic E-state index is 9.28. The van der Waals surface area contributed by atoms with Gasteiger partial charge in [0.2, 0.25) is 0 Å². The zero-order valence-electron chi connectivity index (χ0n) is 10.2. The van der Waals surface area contributed by atoms with E-state index in [2.05, 4.69) is 0 Å². The molecule has 0 bridgehead atoms. The third-order valence-electron chi connectivity index (χ3n) is 2.69. The van der Waals surface area contributed by atoms with E-state index in [4.69, 9.17) is 16.3 Å². The van der Waals surface area contributed by atoms with Crippen LogP contribution in [-0.2, 0) is 13.2 Å². The van der Waals surface area contributed by atoms with Crippen LogP contribution in [0.5, 0.6) is 5.75 Å². The van der Waals surface area contributed by atoms with Gasteiger partial charge in [-0.1, -0.05) is 41.4 Å². The van der Waals surface area contributed by atoms with Gasteiger partial charge in [-0.05, 0) is 30.7 Å². The van der Waals surface area contributed by atoms with Gasteiger partial charge in [0, 0.05) is 10.6 Å². The SMILES string of the molecule is Cc1ccc(OCc2ccc(Cl)cc2)c(CO)c1. The van der Waals surface area contributed by atoms with Crippen LogP contribution >= 0.6 is 11.6 Å². The molecule has 0 saturated heterocycles. The fourth-order valence-corrected chi connectivity index (χ4v) is 1.84. The van der Waals surface area contributed by atoms with E-state index < -0.39 is 0 Å². The molecule has 2 rings (SSSR count). The third kappa shape index (κ3) is 3.25. The van der Waals surface area contributed by atoms with E-state index >= 15 is 0 Å². The monoisotopic (exact) mass is 262 g/mol. The quantitative estimate of drug-likeness (QED) is 0.910. The number of hydrogen-bond acceptors (Lipinski definition) is 2. The van der Waals surface area contributed by atoms with Crippen LogP contribution in [0.2, 0.25) is 5.02 Å². The summed E-state index contributed by atoms with van der Waals surface area (Å²) in [7, 11) is 0. The Kier molecular flexibility index (Phi) is 4.24. The lowest BCUT2D eigenvalue weighted by Crippen LogP contribution is -1.99. The minimum Gasteiger partial charge on any atom is -0.489 e. The first-order chi connectivity index (χ1) is 8.69. The number of benzene rings is 2. The number of aliphatic hydroxyl groups excluding tert-OH is 1. The Morgan fingerprint density at radius 1 is 1.11 bits per heavy atom. The normalized spacial score (nSPS) is 10.4. The second kappa shape index (κ2) is 5.89. The molecule has 3 heteroatoms. The standard InChI is InChI=1S/C15H15ClO2/c1-11-2-7-15(13(8-11)9-17)18-10-12-3-5-14(16)6-4-12/h2-8,17H,9-10H2,1H3. The lowest BCUT2D eigenvalue weighted by Gasteiger charge is -2.11. The van der Waals surface area contributed by atoms with E-state index in [0.29, 0.717) is 11.6 Å². The van der Waals surface area contributed by atoms with E-state index in [1.165, 1.54) is 0 Å². The van der Waals surface area contributed by atoms with Crippen LogP contribution in [0.4, 0.5) is 0 Å². The van der Waals surface area contributed by atoms with E-state index in [-0.39, 0.29) is 6.61 Å². The van der Waals surface area contributed by atoms with Gasteiger partial charge in [0.15, 0.2) is 0 Å². The summed E-state index contributed by atoms with van der Waals surface area (Å²) in [6.45, 7) is 2.44. The highest BCUT2D eigenvalue weighted by Gasteiger charge is 2.03. The molecule has 0 amide bonds. The molecule has 94 valence electrons. The first-order valence-electron chi connectivity index (χ1n) is 5.76. The summed E-state index contributed by atoms with van der Waals surface area (Å²) in [5.41, 5.74) is 2.96. The molecule has 0 aliphatic heterocycles. The molecule has 2 aromatic carbocycles. The summed E-state index contributed by atoms with van der Waals surface area (Å²) < 4.78 is 5.71. The molecule has 0 unspecified atom stereocenters. The average molecular weight is 263 g/mol. The first-order valence-corrected chi connectivity index (χ1v) is 6.14. The van der Waals surface area contributed by atoms with Crippen molar-refractivity contribution in [2.24, 2.45) is 0 Å². The summed E-state index contributed by atoms with van der Waals surface area (Å²) in [4.78, 5) is 0. The Hall–Kier alpha value is -1.51. The molecule has 0 radical (unpaired) electrons. The van der Waals surface area contributed by atoms with Crippen molar-refractivity contribution < 1.29 is 9.84 Å². The van der Waals surface area contributed by atoms with Crippen molar-refractivity contribution in [3.8, 4) is 5.75 Å². The van der Waals surface area contributed by atoms with Gasteiger partial charge in [-0.2, -0.15) is 0 Å². The van der Waals surface area contributed by atoms with E-state index in [0.717, 1.165) is 22.4 Å². The second-order valence-electron chi connectivity index (χ2n) is 4.18. The first kappa shape index (κ1) is 12.9. The number of halogens is 1. The molecule has 0 heterocycles. The van der Waals surface area contributed by atoms with Crippen molar-refractivity contribution in [2.75, 3.05) is 0 Å². The second-order valence-corrected chi connectivity index (χ2v) is 4.62. The minimum atomic E-state index is -0.0162. The van der Waals surface area contributed by atoms with Crippen molar-refractivity contribution in [3.63, 3.8) is 0 Å². The largest absolute Gasteiger partial charge is 0.489 e. The maximum absolute atomic E-state index is 9.28. The Morgan fingerprint density at radius 2 is 1.83 bits per heavy atom. The van der Waals surface area contributed by atoms with Crippen LogP contribution in [0.3, 0.4) is 0 Å². The highest BCUT2D eigenvalue weighted by atomic mass is 35.5. The molecule has 0 spiro atoms. The van der Waals surface area contributed by atoms with Gasteiger partial charge >= 0.3 is 0 Å². The predicted molar refractivity (Wildman–Crippen MR) is 72.9 cm³/mol. The van der Waals surface area contributed by atoms with Crippen LogP contribution < -0.4 is 4.74 Å². The van der Waals surface area contributed by atoms with Crippen LogP contribution in [0.15, 0.2) is 42.5 Å². The van der Waals surface area contributed by atoms with Gasteiger partial charge in [0.25, 0.3) is 0 Å². The lowest BCUT2D eigenvalue weighted by atomic mass is 10.1. The summed E-state index contributed by atoms with van der Waals surface area (Å²) in [5, 5.41) is 9.99. The molecule has 0 saturated carbocycles. The van der Waals surface area contributed by atoms with E-state index in [1.54, 1.807) is 0 Å². The molecule has 0 aliphatic carbocycles. The van der Waals surface area contributed by atoms with Crippen molar-refractivity contribution in [1.82, 2.24) is 0 Å². The van der Waals surface area contributed by atoms with E-state index in [1.807, 2.05) is 49.4 Å². The van der Waals surface area contributed by atoms with Crippen molar-refractivity contribution >= 4 is 11.6 Å².